The second-order valence-corrected chi connectivity index (χ2v) is 5.44. The van der Waals surface area contributed by atoms with Crippen molar-refractivity contribution in [3.8, 4) is 0 Å². The molecule has 0 saturated carbocycles. The van der Waals surface area contributed by atoms with Gasteiger partial charge in [0.15, 0.2) is 0 Å². The van der Waals surface area contributed by atoms with E-state index < -0.39 is 10.8 Å². The Balaban J connectivity index is 2.40. The lowest BCUT2D eigenvalue weighted by atomic mass is 10.0. The van der Waals surface area contributed by atoms with Crippen LogP contribution in [0.15, 0.2) is 36.4 Å². The molecule has 0 unspecified atom stereocenters. The van der Waals surface area contributed by atoms with Crippen LogP contribution in [0.2, 0.25) is 5.02 Å². The molecule has 120 valence electrons. The first kappa shape index (κ1) is 17.0. The second-order valence-electron chi connectivity index (χ2n) is 5.03. The zero-order valence-electron chi connectivity index (χ0n) is 12.9. The molecular formula is C17H17ClN2O3. The highest BCUT2D eigenvalue weighted by atomic mass is 35.5. The van der Waals surface area contributed by atoms with Gasteiger partial charge in [0, 0.05) is 17.8 Å². The van der Waals surface area contributed by atoms with Gasteiger partial charge < -0.3 is 5.32 Å². The number of nitrogens with zero attached hydrogens (tertiary/aromatic N) is 1. The van der Waals surface area contributed by atoms with Gasteiger partial charge in [-0.1, -0.05) is 43.6 Å². The number of aryl methyl sites for hydroxylation is 2. The molecule has 6 heteroatoms. The molecular weight excluding hydrogens is 316 g/mol. The molecule has 0 aliphatic heterocycles. The maximum Gasteiger partial charge on any atom is 0.270 e. The van der Waals surface area contributed by atoms with Crippen molar-refractivity contribution in [2.45, 2.75) is 26.7 Å². The van der Waals surface area contributed by atoms with E-state index in [9.17, 15) is 14.9 Å². The van der Waals surface area contributed by atoms with E-state index in [-0.39, 0.29) is 16.3 Å². The Kier molecular flexibility index (Phi) is 5.34. The minimum Gasteiger partial charge on any atom is -0.321 e. The van der Waals surface area contributed by atoms with E-state index in [0.717, 1.165) is 29.7 Å². The van der Waals surface area contributed by atoms with E-state index in [0.29, 0.717) is 0 Å². The lowest BCUT2D eigenvalue weighted by Gasteiger charge is -2.14. The van der Waals surface area contributed by atoms with Gasteiger partial charge in [0.1, 0.15) is 0 Å². The number of amides is 1. The van der Waals surface area contributed by atoms with Crippen molar-refractivity contribution in [1.82, 2.24) is 0 Å². The summed E-state index contributed by atoms with van der Waals surface area (Å²) in [6, 6.07) is 9.68. The number of carbonyl (C=O) groups is 1. The van der Waals surface area contributed by atoms with Gasteiger partial charge in [-0.25, -0.2) is 0 Å². The van der Waals surface area contributed by atoms with Gasteiger partial charge in [0.2, 0.25) is 0 Å². The molecule has 0 fully saturated rings. The number of benzene rings is 2. The van der Waals surface area contributed by atoms with E-state index in [2.05, 4.69) is 5.32 Å². The topological polar surface area (TPSA) is 72.2 Å². The molecule has 0 heterocycles. The van der Waals surface area contributed by atoms with Crippen LogP contribution in [0.25, 0.3) is 0 Å². The molecule has 2 aromatic carbocycles. The summed E-state index contributed by atoms with van der Waals surface area (Å²) in [6.07, 6.45) is 1.54. The molecule has 0 aliphatic carbocycles. The van der Waals surface area contributed by atoms with E-state index >= 15 is 0 Å². The Labute approximate surface area is 139 Å². The van der Waals surface area contributed by atoms with Crippen molar-refractivity contribution in [1.29, 1.82) is 0 Å². The lowest BCUT2D eigenvalue weighted by Crippen LogP contribution is -2.15. The molecule has 23 heavy (non-hydrogen) atoms. The number of para-hydroxylation sites is 1. The van der Waals surface area contributed by atoms with Crippen molar-refractivity contribution in [3.63, 3.8) is 0 Å². The highest BCUT2D eigenvalue weighted by Gasteiger charge is 2.18. The van der Waals surface area contributed by atoms with E-state index in [1.165, 1.54) is 18.2 Å². The molecule has 0 aromatic heterocycles. The summed E-state index contributed by atoms with van der Waals surface area (Å²) >= 11 is 6.03. The summed E-state index contributed by atoms with van der Waals surface area (Å²) in [4.78, 5) is 22.9. The molecule has 0 radical (unpaired) electrons. The highest BCUT2D eigenvalue weighted by molar-refractivity contribution is 6.34. The normalized spacial score (nSPS) is 10.4. The predicted octanol–water partition coefficient (Wildman–Crippen LogP) is 4.63. The highest BCUT2D eigenvalue weighted by Crippen LogP contribution is 2.26. The average Bonchev–Trinajstić information content (AvgIpc) is 2.55. The van der Waals surface area contributed by atoms with Crippen LogP contribution in [0.3, 0.4) is 0 Å². The fourth-order valence-corrected chi connectivity index (χ4v) is 2.59. The zero-order valence-corrected chi connectivity index (χ0v) is 13.7. The monoisotopic (exact) mass is 332 g/mol. The Morgan fingerprint density at radius 1 is 1.17 bits per heavy atom. The number of halogens is 1. The molecule has 0 atom stereocenters. The number of hydrogen-bond donors (Lipinski definition) is 1. The Hall–Kier alpha value is -2.40. The first-order valence-electron chi connectivity index (χ1n) is 7.34. The smallest absolute Gasteiger partial charge is 0.270 e. The van der Waals surface area contributed by atoms with Gasteiger partial charge in [0.05, 0.1) is 15.5 Å². The number of hydrogen-bond acceptors (Lipinski definition) is 3. The largest absolute Gasteiger partial charge is 0.321 e. The van der Waals surface area contributed by atoms with Crippen molar-refractivity contribution in [2.24, 2.45) is 0 Å². The Morgan fingerprint density at radius 2 is 1.78 bits per heavy atom. The number of carbonyl (C=O) groups excluding carboxylic acids is 1. The van der Waals surface area contributed by atoms with Gasteiger partial charge in [-0.2, -0.15) is 0 Å². The molecule has 5 nitrogen and oxygen atoms in total. The third-order valence-corrected chi connectivity index (χ3v) is 3.97. The summed E-state index contributed by atoms with van der Waals surface area (Å²) in [6.45, 7) is 4.01. The van der Waals surface area contributed by atoms with Crippen LogP contribution in [0, 0.1) is 10.1 Å². The van der Waals surface area contributed by atoms with Crippen molar-refractivity contribution >= 4 is 28.9 Å². The van der Waals surface area contributed by atoms with Gasteiger partial charge in [-0.05, 0) is 30.0 Å². The average molecular weight is 333 g/mol. The van der Waals surface area contributed by atoms with Crippen LogP contribution in [0.5, 0.6) is 0 Å². The van der Waals surface area contributed by atoms with Gasteiger partial charge in [-0.15, -0.1) is 0 Å². The predicted molar refractivity (Wildman–Crippen MR) is 91.3 cm³/mol. The van der Waals surface area contributed by atoms with E-state index in [1.807, 2.05) is 32.0 Å². The molecule has 1 N–H and O–H groups in total. The third-order valence-electron chi connectivity index (χ3n) is 3.64. The quantitative estimate of drug-likeness (QED) is 0.641. The molecule has 0 bridgehead atoms. The van der Waals surface area contributed by atoms with Crippen molar-refractivity contribution < 1.29 is 9.72 Å². The Bertz CT molecular complexity index is 737. The summed E-state index contributed by atoms with van der Waals surface area (Å²) in [5.74, 6) is -0.450. The Morgan fingerprint density at radius 3 is 2.30 bits per heavy atom. The van der Waals surface area contributed by atoms with Crippen molar-refractivity contribution in [3.05, 3.63) is 68.2 Å². The summed E-state index contributed by atoms with van der Waals surface area (Å²) in [7, 11) is 0. The number of anilines is 1. The number of rotatable bonds is 5. The van der Waals surface area contributed by atoms with E-state index in [4.69, 9.17) is 11.6 Å². The van der Waals surface area contributed by atoms with Crippen molar-refractivity contribution in [2.75, 3.05) is 5.32 Å². The fourth-order valence-electron chi connectivity index (χ4n) is 2.38. The second kappa shape index (κ2) is 7.24. The standard InChI is InChI=1S/C17H17ClN2O3/c1-3-11-6-5-7-12(4-2)16(11)19-17(21)14-10-13(20(22)23)8-9-15(14)18/h5-10H,3-4H2,1-2H3,(H,19,21). The maximum atomic E-state index is 12.5. The minimum atomic E-state index is -0.551. The first-order chi connectivity index (χ1) is 11.0. The van der Waals surface area contributed by atoms with Crippen LogP contribution in [-0.2, 0) is 12.8 Å². The van der Waals surface area contributed by atoms with Gasteiger partial charge in [0.25, 0.3) is 11.6 Å². The number of nitro groups is 1. The van der Waals surface area contributed by atoms with Gasteiger partial charge in [-0.3, -0.25) is 14.9 Å². The van der Waals surface area contributed by atoms with Crippen LogP contribution in [0.4, 0.5) is 11.4 Å². The summed E-state index contributed by atoms with van der Waals surface area (Å²) < 4.78 is 0. The molecule has 0 saturated heterocycles. The summed E-state index contributed by atoms with van der Waals surface area (Å²) in [5.41, 5.74) is 2.71. The van der Waals surface area contributed by atoms with Crippen LogP contribution in [-0.4, -0.2) is 10.8 Å². The summed E-state index contributed by atoms with van der Waals surface area (Å²) in [5, 5.41) is 13.9. The van der Waals surface area contributed by atoms with Crippen LogP contribution >= 0.6 is 11.6 Å². The zero-order chi connectivity index (χ0) is 17.0. The molecule has 0 spiro atoms. The third kappa shape index (κ3) is 3.68. The number of nitro benzene ring substituents is 1. The molecule has 2 rings (SSSR count). The van der Waals surface area contributed by atoms with E-state index in [1.54, 1.807) is 0 Å². The lowest BCUT2D eigenvalue weighted by molar-refractivity contribution is -0.384. The molecule has 0 aliphatic rings. The van der Waals surface area contributed by atoms with Crippen LogP contribution < -0.4 is 5.32 Å². The maximum absolute atomic E-state index is 12.5. The molecule has 1 amide bonds. The van der Waals surface area contributed by atoms with Gasteiger partial charge >= 0.3 is 0 Å². The number of nitrogens with one attached hydrogen (secondary N) is 1. The molecule has 2 aromatic rings. The fraction of sp³-hybridized carbons (Fsp3) is 0.235. The number of non-ortho nitro benzene ring substituents is 1. The van der Waals surface area contributed by atoms with Crippen LogP contribution in [0.1, 0.15) is 35.3 Å². The minimum absolute atomic E-state index is 0.0915. The SMILES string of the molecule is CCc1cccc(CC)c1NC(=O)c1cc([N+](=O)[O-])ccc1Cl. The first-order valence-corrected chi connectivity index (χ1v) is 7.71.